The van der Waals surface area contributed by atoms with E-state index in [1.54, 1.807) is 6.42 Å². The van der Waals surface area contributed by atoms with Crippen molar-refractivity contribution in [3.63, 3.8) is 0 Å². The zero-order valence-corrected chi connectivity index (χ0v) is 11.9. The van der Waals surface area contributed by atoms with E-state index in [0.717, 1.165) is 30.8 Å². The molecule has 3 unspecified atom stereocenters. The summed E-state index contributed by atoms with van der Waals surface area (Å²) in [5.41, 5.74) is 0.256. The Balaban J connectivity index is 1.47. The van der Waals surface area contributed by atoms with Gasteiger partial charge in [-0.25, -0.2) is 0 Å². The van der Waals surface area contributed by atoms with Crippen molar-refractivity contribution in [2.24, 2.45) is 17.8 Å². The Kier molecular flexibility index (Phi) is 4.48. The molecule has 0 aromatic rings. The molecule has 17 heavy (non-hydrogen) atoms. The highest BCUT2D eigenvalue weighted by Crippen LogP contribution is 2.49. The predicted octanol–water partition coefficient (Wildman–Crippen LogP) is 2.79. The summed E-state index contributed by atoms with van der Waals surface area (Å²) in [6.07, 6.45) is 7.56. The van der Waals surface area contributed by atoms with Gasteiger partial charge in [0.25, 0.3) is 0 Å². The van der Waals surface area contributed by atoms with E-state index in [0.29, 0.717) is 0 Å². The highest BCUT2D eigenvalue weighted by atomic mass is 15.0. The van der Waals surface area contributed by atoms with Crippen molar-refractivity contribution in [2.45, 2.75) is 58.4 Å². The van der Waals surface area contributed by atoms with Crippen molar-refractivity contribution >= 4 is 0 Å². The molecule has 0 saturated heterocycles. The number of rotatable bonds is 6. The maximum Gasteiger partial charge on any atom is 0.00970 e. The van der Waals surface area contributed by atoms with Crippen LogP contribution in [0.2, 0.25) is 0 Å². The lowest BCUT2D eigenvalue weighted by molar-refractivity contribution is 0.309. The lowest BCUT2D eigenvalue weighted by Gasteiger charge is -2.22. The molecular weight excluding hydrogens is 208 g/mol. The van der Waals surface area contributed by atoms with E-state index >= 15 is 0 Å². The third-order valence-electron chi connectivity index (χ3n) is 4.53. The average Bonchev–Trinajstić information content (AvgIpc) is 2.83. The number of fused-ring (bicyclic) bond motifs is 2. The molecule has 100 valence electrons. The molecule has 2 saturated carbocycles. The van der Waals surface area contributed by atoms with Gasteiger partial charge < -0.3 is 10.6 Å². The fourth-order valence-electron chi connectivity index (χ4n) is 3.67. The molecule has 0 aromatic heterocycles. The molecule has 0 heterocycles. The van der Waals surface area contributed by atoms with Gasteiger partial charge >= 0.3 is 0 Å². The molecule has 0 amide bonds. The molecule has 0 aromatic carbocycles. The van der Waals surface area contributed by atoms with Crippen LogP contribution in [0.1, 0.15) is 52.9 Å². The Labute approximate surface area is 107 Å². The maximum atomic E-state index is 3.58. The molecular formula is C15H30N2. The quantitative estimate of drug-likeness (QED) is 0.695. The topological polar surface area (TPSA) is 24.1 Å². The highest BCUT2D eigenvalue weighted by molar-refractivity contribution is 4.90. The third-order valence-corrected chi connectivity index (χ3v) is 4.53. The Morgan fingerprint density at radius 2 is 1.82 bits per heavy atom. The largest absolute Gasteiger partial charge is 0.315 e. The number of hydrogen-bond acceptors (Lipinski definition) is 2. The van der Waals surface area contributed by atoms with E-state index in [9.17, 15) is 0 Å². The predicted molar refractivity (Wildman–Crippen MR) is 74.2 cm³/mol. The van der Waals surface area contributed by atoms with Crippen LogP contribution >= 0.6 is 0 Å². The molecule has 0 spiro atoms. The van der Waals surface area contributed by atoms with Gasteiger partial charge in [0.15, 0.2) is 0 Å². The molecule has 0 radical (unpaired) electrons. The summed E-state index contributed by atoms with van der Waals surface area (Å²) in [7, 11) is 0. The Morgan fingerprint density at radius 3 is 2.41 bits per heavy atom. The molecule has 2 rings (SSSR count). The molecule has 2 nitrogen and oxygen atoms in total. The molecule has 2 aliphatic rings. The van der Waals surface area contributed by atoms with Gasteiger partial charge in [-0.3, -0.25) is 0 Å². The fourth-order valence-corrected chi connectivity index (χ4v) is 3.67. The molecule has 2 N–H and O–H groups in total. The normalized spacial score (nSPS) is 32.3. The van der Waals surface area contributed by atoms with Crippen molar-refractivity contribution in [3.05, 3.63) is 0 Å². The summed E-state index contributed by atoms with van der Waals surface area (Å²) < 4.78 is 0. The SMILES string of the molecule is CC(C)(C)NCCNCCC1CC2CCC1C2. The van der Waals surface area contributed by atoms with E-state index in [2.05, 4.69) is 31.4 Å². The van der Waals surface area contributed by atoms with Crippen LogP contribution < -0.4 is 10.6 Å². The van der Waals surface area contributed by atoms with Crippen LogP contribution in [0.15, 0.2) is 0 Å². The highest BCUT2D eigenvalue weighted by Gasteiger charge is 2.38. The minimum absolute atomic E-state index is 0.256. The molecule has 0 aliphatic heterocycles. The second kappa shape index (κ2) is 5.71. The average molecular weight is 238 g/mol. The Morgan fingerprint density at radius 1 is 1.00 bits per heavy atom. The van der Waals surface area contributed by atoms with Gasteiger partial charge in [0, 0.05) is 18.6 Å². The van der Waals surface area contributed by atoms with Crippen molar-refractivity contribution in [3.8, 4) is 0 Å². The first-order chi connectivity index (χ1) is 8.04. The van der Waals surface area contributed by atoms with Crippen molar-refractivity contribution in [1.82, 2.24) is 10.6 Å². The van der Waals surface area contributed by atoms with Crippen LogP contribution in [0.25, 0.3) is 0 Å². The third kappa shape index (κ3) is 4.26. The van der Waals surface area contributed by atoms with Gasteiger partial charge in [-0.15, -0.1) is 0 Å². The summed E-state index contributed by atoms with van der Waals surface area (Å²) in [5.74, 6) is 3.25. The van der Waals surface area contributed by atoms with Crippen LogP contribution in [0.4, 0.5) is 0 Å². The van der Waals surface area contributed by atoms with E-state index in [1.807, 2.05) is 0 Å². The molecule has 2 bridgehead atoms. The summed E-state index contributed by atoms with van der Waals surface area (Å²) in [6, 6.07) is 0. The van der Waals surface area contributed by atoms with Crippen molar-refractivity contribution in [1.29, 1.82) is 0 Å². The zero-order chi connectivity index (χ0) is 12.3. The standard InChI is InChI=1S/C15H30N2/c1-15(2,3)17-9-8-16-7-6-14-11-12-4-5-13(14)10-12/h12-14,16-17H,4-11H2,1-3H3. The maximum absolute atomic E-state index is 3.58. The minimum atomic E-state index is 0.256. The van der Waals surface area contributed by atoms with E-state index in [4.69, 9.17) is 0 Å². The second-order valence-corrected chi connectivity index (χ2v) is 7.15. The first-order valence-corrected chi connectivity index (χ1v) is 7.50. The van der Waals surface area contributed by atoms with Gasteiger partial charge in [-0.05, 0) is 70.8 Å². The smallest absolute Gasteiger partial charge is 0.00970 e. The molecule has 2 heteroatoms. The molecule has 2 fully saturated rings. The second-order valence-electron chi connectivity index (χ2n) is 7.15. The minimum Gasteiger partial charge on any atom is -0.315 e. The summed E-state index contributed by atoms with van der Waals surface area (Å²) >= 11 is 0. The summed E-state index contributed by atoms with van der Waals surface area (Å²) in [4.78, 5) is 0. The first-order valence-electron chi connectivity index (χ1n) is 7.50. The van der Waals surface area contributed by atoms with Crippen LogP contribution in [-0.2, 0) is 0 Å². The molecule has 3 atom stereocenters. The summed E-state index contributed by atoms with van der Waals surface area (Å²) in [5, 5.41) is 7.10. The van der Waals surface area contributed by atoms with Gasteiger partial charge in [-0.2, -0.15) is 0 Å². The van der Waals surface area contributed by atoms with Gasteiger partial charge in [0.05, 0.1) is 0 Å². The fraction of sp³-hybridized carbons (Fsp3) is 1.00. The number of hydrogen-bond donors (Lipinski definition) is 2. The Hall–Kier alpha value is -0.0800. The monoisotopic (exact) mass is 238 g/mol. The van der Waals surface area contributed by atoms with Crippen LogP contribution in [0.3, 0.4) is 0 Å². The lowest BCUT2D eigenvalue weighted by atomic mass is 9.86. The van der Waals surface area contributed by atoms with Crippen LogP contribution in [0, 0.1) is 17.8 Å². The van der Waals surface area contributed by atoms with Crippen LogP contribution in [-0.4, -0.2) is 25.2 Å². The molecule has 2 aliphatic carbocycles. The summed E-state index contributed by atoms with van der Waals surface area (Å²) in [6.45, 7) is 10.1. The van der Waals surface area contributed by atoms with Crippen LogP contribution in [0.5, 0.6) is 0 Å². The lowest BCUT2D eigenvalue weighted by Crippen LogP contribution is -2.40. The van der Waals surface area contributed by atoms with Crippen molar-refractivity contribution in [2.75, 3.05) is 19.6 Å². The van der Waals surface area contributed by atoms with Gasteiger partial charge in [0.1, 0.15) is 0 Å². The van der Waals surface area contributed by atoms with E-state index < -0.39 is 0 Å². The zero-order valence-electron chi connectivity index (χ0n) is 11.9. The van der Waals surface area contributed by atoms with Crippen molar-refractivity contribution < 1.29 is 0 Å². The van der Waals surface area contributed by atoms with E-state index in [1.165, 1.54) is 32.2 Å². The number of nitrogens with one attached hydrogen (secondary N) is 2. The van der Waals surface area contributed by atoms with Gasteiger partial charge in [0.2, 0.25) is 0 Å². The van der Waals surface area contributed by atoms with E-state index in [-0.39, 0.29) is 5.54 Å². The Bertz CT molecular complexity index is 232. The first kappa shape index (κ1) is 13.4. The van der Waals surface area contributed by atoms with Gasteiger partial charge in [-0.1, -0.05) is 6.42 Å².